The molecule has 0 saturated carbocycles. The molecule has 7 nitrogen and oxygen atoms in total. The second-order valence-corrected chi connectivity index (χ2v) is 6.72. The van der Waals surface area contributed by atoms with Gasteiger partial charge < -0.3 is 24.4 Å². The molecule has 0 bridgehead atoms. The number of rotatable bonds is 7. The predicted molar refractivity (Wildman–Crippen MR) is 108 cm³/mol. The van der Waals surface area contributed by atoms with E-state index in [0.717, 1.165) is 31.5 Å². The van der Waals surface area contributed by atoms with E-state index in [0.29, 0.717) is 28.6 Å². The average Bonchev–Trinajstić information content (AvgIpc) is 3.27. The molecule has 0 aliphatic carbocycles. The van der Waals surface area contributed by atoms with E-state index in [1.54, 1.807) is 33.6 Å². The van der Waals surface area contributed by atoms with Crippen molar-refractivity contribution in [2.24, 2.45) is 0 Å². The number of methoxy groups -OCH3 is 3. The number of hydrogen-bond acceptors (Lipinski definition) is 6. The van der Waals surface area contributed by atoms with E-state index in [9.17, 15) is 4.79 Å². The van der Waals surface area contributed by atoms with Crippen molar-refractivity contribution in [1.82, 2.24) is 9.88 Å². The van der Waals surface area contributed by atoms with Crippen LogP contribution in [0.2, 0.25) is 0 Å². The van der Waals surface area contributed by atoms with E-state index >= 15 is 0 Å². The van der Waals surface area contributed by atoms with E-state index in [-0.39, 0.29) is 11.9 Å². The number of ether oxygens (including phenoxy) is 3. The quantitative estimate of drug-likeness (QED) is 0.786. The van der Waals surface area contributed by atoms with Gasteiger partial charge in [0, 0.05) is 19.3 Å². The Morgan fingerprint density at radius 1 is 1.11 bits per heavy atom. The van der Waals surface area contributed by atoms with Gasteiger partial charge in [-0.1, -0.05) is 0 Å². The maximum absolute atomic E-state index is 12.9. The molecule has 1 aliphatic rings. The minimum absolute atomic E-state index is 0.0187. The van der Waals surface area contributed by atoms with Crippen molar-refractivity contribution in [3.05, 3.63) is 41.6 Å². The van der Waals surface area contributed by atoms with Gasteiger partial charge in [-0.2, -0.15) is 0 Å². The monoisotopic (exact) mass is 385 g/mol. The summed E-state index contributed by atoms with van der Waals surface area (Å²) in [4.78, 5) is 19.2. The molecule has 1 saturated heterocycles. The number of carbonyl (C=O) groups excluding carboxylic acids is 1. The number of benzene rings is 1. The first-order valence-corrected chi connectivity index (χ1v) is 9.39. The number of aromatic nitrogens is 1. The van der Waals surface area contributed by atoms with Gasteiger partial charge in [0.15, 0.2) is 11.5 Å². The average molecular weight is 385 g/mol. The largest absolute Gasteiger partial charge is 0.493 e. The molecule has 0 radical (unpaired) electrons. The summed E-state index contributed by atoms with van der Waals surface area (Å²) in [5.74, 6) is 2.30. The third kappa shape index (κ3) is 3.98. The number of hydrogen-bond donors (Lipinski definition) is 1. The lowest BCUT2D eigenvalue weighted by Crippen LogP contribution is -2.28. The first-order chi connectivity index (χ1) is 13.6. The number of carbonyl (C=O) groups is 1. The molecule has 1 aromatic heterocycles. The summed E-state index contributed by atoms with van der Waals surface area (Å²) in [5, 5.41) is 3.36. The molecule has 1 N–H and O–H groups in total. The molecule has 2 heterocycles. The highest BCUT2D eigenvalue weighted by molar-refractivity contribution is 5.98. The van der Waals surface area contributed by atoms with E-state index in [4.69, 9.17) is 14.2 Å². The van der Waals surface area contributed by atoms with Crippen LogP contribution in [0.4, 0.5) is 5.82 Å². The molecule has 0 spiro atoms. The minimum atomic E-state index is -0.131. The summed E-state index contributed by atoms with van der Waals surface area (Å²) >= 11 is 0. The molecule has 150 valence electrons. The Labute approximate surface area is 165 Å². The number of nitrogens with one attached hydrogen (secondary N) is 1. The Hall–Kier alpha value is -2.96. The maximum atomic E-state index is 12.9. The molecule has 2 aromatic rings. The van der Waals surface area contributed by atoms with Gasteiger partial charge in [-0.15, -0.1) is 0 Å². The van der Waals surface area contributed by atoms with Gasteiger partial charge in [-0.3, -0.25) is 4.79 Å². The third-order valence-electron chi connectivity index (χ3n) is 4.97. The van der Waals surface area contributed by atoms with Gasteiger partial charge in [0.1, 0.15) is 5.82 Å². The molecule has 3 rings (SSSR count). The highest BCUT2D eigenvalue weighted by Gasteiger charge is 2.23. The molecule has 28 heavy (non-hydrogen) atoms. The summed E-state index contributed by atoms with van der Waals surface area (Å²) in [7, 11) is 4.75. The Balaban J connectivity index is 1.87. The SMILES string of the molecule is COc1cc(C(C)Nc2ncccc2C(=O)N2CCCC2)cc(OC)c1OC. The van der Waals surface area contributed by atoms with Crippen LogP contribution in [0.3, 0.4) is 0 Å². The zero-order valence-corrected chi connectivity index (χ0v) is 16.8. The second-order valence-electron chi connectivity index (χ2n) is 6.72. The van der Waals surface area contributed by atoms with Crippen LogP contribution in [-0.2, 0) is 0 Å². The molecular formula is C21H27N3O4. The fourth-order valence-corrected chi connectivity index (χ4v) is 3.42. The summed E-state index contributed by atoms with van der Waals surface area (Å²) in [5.41, 5.74) is 1.52. The molecule has 1 atom stereocenters. The molecule has 1 aromatic carbocycles. The number of anilines is 1. The zero-order valence-electron chi connectivity index (χ0n) is 16.8. The fraction of sp³-hybridized carbons (Fsp3) is 0.429. The van der Waals surface area contributed by atoms with E-state index in [2.05, 4.69) is 10.3 Å². The minimum Gasteiger partial charge on any atom is -0.493 e. The highest BCUT2D eigenvalue weighted by atomic mass is 16.5. The molecular weight excluding hydrogens is 358 g/mol. The van der Waals surface area contributed by atoms with Crippen molar-refractivity contribution in [2.45, 2.75) is 25.8 Å². The number of likely N-dealkylation sites (tertiary alicyclic amines) is 1. The first-order valence-electron chi connectivity index (χ1n) is 9.39. The smallest absolute Gasteiger partial charge is 0.257 e. The summed E-state index contributed by atoms with van der Waals surface area (Å²) in [6.45, 7) is 3.60. The van der Waals surface area contributed by atoms with Crippen LogP contribution in [0, 0.1) is 0 Å². The van der Waals surface area contributed by atoms with Crippen LogP contribution in [0.1, 0.15) is 41.7 Å². The highest BCUT2D eigenvalue weighted by Crippen LogP contribution is 2.40. The number of pyridine rings is 1. The van der Waals surface area contributed by atoms with Crippen molar-refractivity contribution in [3.63, 3.8) is 0 Å². The van der Waals surface area contributed by atoms with Gasteiger partial charge >= 0.3 is 0 Å². The van der Waals surface area contributed by atoms with Crippen LogP contribution in [0.5, 0.6) is 17.2 Å². The van der Waals surface area contributed by atoms with Crippen molar-refractivity contribution in [3.8, 4) is 17.2 Å². The van der Waals surface area contributed by atoms with Crippen LogP contribution in [-0.4, -0.2) is 50.2 Å². The van der Waals surface area contributed by atoms with Gasteiger partial charge in [0.25, 0.3) is 5.91 Å². The zero-order chi connectivity index (χ0) is 20.1. The summed E-state index contributed by atoms with van der Waals surface area (Å²) in [6, 6.07) is 7.26. The Morgan fingerprint density at radius 3 is 2.32 bits per heavy atom. The summed E-state index contributed by atoms with van der Waals surface area (Å²) in [6.07, 6.45) is 3.79. The first kappa shape index (κ1) is 19.8. The van der Waals surface area contributed by atoms with Crippen molar-refractivity contribution in [1.29, 1.82) is 0 Å². The number of amides is 1. The molecule has 1 fully saturated rings. The van der Waals surface area contributed by atoms with Crippen LogP contribution < -0.4 is 19.5 Å². The Morgan fingerprint density at radius 2 is 1.75 bits per heavy atom. The predicted octanol–water partition coefficient (Wildman–Crippen LogP) is 3.52. The third-order valence-corrected chi connectivity index (χ3v) is 4.97. The molecule has 7 heteroatoms. The lowest BCUT2D eigenvalue weighted by atomic mass is 10.1. The number of nitrogens with zero attached hydrogens (tertiary/aromatic N) is 2. The normalized spacial score (nSPS) is 14.5. The van der Waals surface area contributed by atoms with E-state index in [1.165, 1.54) is 0 Å². The van der Waals surface area contributed by atoms with E-state index in [1.807, 2.05) is 30.0 Å². The molecule has 1 aliphatic heterocycles. The lowest BCUT2D eigenvalue weighted by Gasteiger charge is -2.21. The van der Waals surface area contributed by atoms with Crippen molar-refractivity contribution >= 4 is 11.7 Å². The molecule has 1 amide bonds. The van der Waals surface area contributed by atoms with Crippen molar-refractivity contribution < 1.29 is 19.0 Å². The van der Waals surface area contributed by atoms with Crippen LogP contribution in [0.25, 0.3) is 0 Å². The lowest BCUT2D eigenvalue weighted by molar-refractivity contribution is 0.0793. The van der Waals surface area contributed by atoms with Gasteiger partial charge in [0.2, 0.25) is 5.75 Å². The van der Waals surface area contributed by atoms with Gasteiger partial charge in [0.05, 0.1) is 32.9 Å². The van der Waals surface area contributed by atoms with Gasteiger partial charge in [-0.05, 0) is 49.6 Å². The van der Waals surface area contributed by atoms with Gasteiger partial charge in [-0.25, -0.2) is 4.98 Å². The Bertz CT molecular complexity index is 809. The maximum Gasteiger partial charge on any atom is 0.257 e. The van der Waals surface area contributed by atoms with Crippen LogP contribution in [0.15, 0.2) is 30.5 Å². The van der Waals surface area contributed by atoms with Crippen LogP contribution >= 0.6 is 0 Å². The summed E-state index contributed by atoms with van der Waals surface area (Å²) < 4.78 is 16.3. The van der Waals surface area contributed by atoms with E-state index < -0.39 is 0 Å². The second kappa shape index (κ2) is 8.82. The van der Waals surface area contributed by atoms with Crippen molar-refractivity contribution in [2.75, 3.05) is 39.7 Å². The Kier molecular flexibility index (Phi) is 6.23. The standard InChI is InChI=1S/C21H27N3O4/c1-14(15-12-17(26-2)19(28-4)18(13-15)27-3)23-20-16(8-7-9-22-20)21(25)24-10-5-6-11-24/h7-9,12-14H,5-6,10-11H2,1-4H3,(H,22,23). The molecule has 1 unspecified atom stereocenters. The fourth-order valence-electron chi connectivity index (χ4n) is 3.42. The topological polar surface area (TPSA) is 72.9 Å².